The zero-order chi connectivity index (χ0) is 42.3. The van der Waals surface area contributed by atoms with Gasteiger partial charge in [-0.3, -0.25) is 18.9 Å². The lowest BCUT2D eigenvalue weighted by atomic mass is 10.1. The van der Waals surface area contributed by atoms with E-state index in [9.17, 15) is 23.8 Å². The van der Waals surface area contributed by atoms with Gasteiger partial charge in [0, 0.05) is 19.3 Å². The maximum atomic E-state index is 12.6. The first-order chi connectivity index (χ1) is 27.4. The van der Waals surface area contributed by atoms with E-state index in [1.165, 1.54) is 44.6 Å². The zero-order valence-electron chi connectivity index (χ0n) is 36.0. The van der Waals surface area contributed by atoms with Crippen LogP contribution in [0, 0.1) is 0 Å². The van der Waals surface area contributed by atoms with Crippen molar-refractivity contribution < 1.29 is 46.8 Å². The predicted octanol–water partition coefficient (Wildman–Crippen LogP) is 10.6. The summed E-state index contributed by atoms with van der Waals surface area (Å²) in [4.78, 5) is 49.7. The third-order valence-corrected chi connectivity index (χ3v) is 9.33. The highest BCUT2D eigenvalue weighted by molar-refractivity contribution is 7.45. The Morgan fingerprint density at radius 2 is 1.11 bits per heavy atom. The number of unbranched alkanes of at least 4 members (excludes halogenated alkanes) is 8. The number of carbonyl (C=O) groups excluding carboxylic acids is 3. The van der Waals surface area contributed by atoms with Gasteiger partial charge in [-0.25, -0.2) is 0 Å². The number of carbonyl (C=O) groups is 3. The van der Waals surface area contributed by atoms with Crippen LogP contribution in [0.5, 0.6) is 0 Å². The molecular formula is C46H76NO9P. The molecule has 0 aliphatic carbocycles. The summed E-state index contributed by atoms with van der Waals surface area (Å²) in [7, 11) is 1.000. The van der Waals surface area contributed by atoms with Crippen LogP contribution >= 0.6 is 7.82 Å². The first-order valence-electron chi connectivity index (χ1n) is 21.2. The van der Waals surface area contributed by atoms with Gasteiger partial charge in [-0.15, -0.1) is 0 Å². The van der Waals surface area contributed by atoms with E-state index in [1.54, 1.807) is 6.08 Å². The number of hydrogen-bond acceptors (Lipinski definition) is 9. The van der Waals surface area contributed by atoms with E-state index in [0.717, 1.165) is 51.4 Å². The van der Waals surface area contributed by atoms with Crippen molar-refractivity contribution in [1.29, 1.82) is 0 Å². The van der Waals surface area contributed by atoms with Crippen LogP contribution < -0.4 is 4.89 Å². The number of ketones is 1. The molecule has 0 heterocycles. The van der Waals surface area contributed by atoms with Gasteiger partial charge < -0.3 is 27.9 Å². The molecule has 0 saturated carbocycles. The van der Waals surface area contributed by atoms with Gasteiger partial charge >= 0.3 is 11.9 Å². The Bertz CT molecular complexity index is 1310. The van der Waals surface area contributed by atoms with E-state index in [0.29, 0.717) is 17.4 Å². The molecule has 0 N–H and O–H groups in total. The topological polar surface area (TPSA) is 128 Å². The summed E-state index contributed by atoms with van der Waals surface area (Å²) < 4.78 is 33.6. The Labute approximate surface area is 346 Å². The fraction of sp³-hybridized carbons (Fsp3) is 0.630. The van der Waals surface area contributed by atoms with Gasteiger partial charge in [0.25, 0.3) is 7.82 Å². The number of nitrogens with zero attached hydrogens (tertiary/aromatic N) is 1. The van der Waals surface area contributed by atoms with Gasteiger partial charge in [0.1, 0.15) is 19.8 Å². The maximum absolute atomic E-state index is 12.6. The van der Waals surface area contributed by atoms with E-state index >= 15 is 0 Å². The summed E-state index contributed by atoms with van der Waals surface area (Å²) in [6.45, 7) is 3.81. The minimum absolute atomic E-state index is 0.0253. The molecule has 2 atom stereocenters. The van der Waals surface area contributed by atoms with Crippen LogP contribution in [-0.2, 0) is 37.5 Å². The number of esters is 2. The molecule has 0 spiro atoms. The first-order valence-corrected chi connectivity index (χ1v) is 22.7. The number of quaternary nitrogens is 1. The number of likely N-dealkylation sites (N-methyl/N-ethyl adjacent to an activating group) is 1. The van der Waals surface area contributed by atoms with Crippen LogP contribution in [0.15, 0.2) is 85.1 Å². The first kappa shape index (κ1) is 53.9. The molecule has 0 aliphatic rings. The number of allylic oxidation sites excluding steroid dienone is 14. The second-order valence-electron chi connectivity index (χ2n) is 15.0. The Balaban J connectivity index is 4.67. The number of hydrogen-bond donors (Lipinski definition) is 0. The van der Waals surface area contributed by atoms with Crippen LogP contribution in [0.2, 0.25) is 0 Å². The molecule has 0 amide bonds. The van der Waals surface area contributed by atoms with Gasteiger partial charge in [-0.2, -0.15) is 0 Å². The molecule has 0 aromatic rings. The maximum Gasteiger partial charge on any atom is 0.306 e. The fourth-order valence-corrected chi connectivity index (χ4v) is 5.69. The highest BCUT2D eigenvalue weighted by Crippen LogP contribution is 2.38. The number of rotatable bonds is 37. The van der Waals surface area contributed by atoms with E-state index < -0.39 is 39.1 Å². The molecule has 0 aliphatic heterocycles. The van der Waals surface area contributed by atoms with Crippen LogP contribution in [0.25, 0.3) is 0 Å². The van der Waals surface area contributed by atoms with Gasteiger partial charge in [-0.05, 0) is 83.1 Å². The zero-order valence-corrected chi connectivity index (χ0v) is 36.9. The smallest absolute Gasteiger partial charge is 0.306 e. The SMILES string of the molecule is CCCCC/C=C\C/C=C\C/C=C\C=C\C(=O)CCCC(=O)OC[C@H](COP(=O)([O-])OCC[N+](C)(C)C)OC(=O)CCCC/C=C\C/C=C\C/C=C\CCCCC. The lowest BCUT2D eigenvalue weighted by molar-refractivity contribution is -0.870. The molecule has 0 fully saturated rings. The summed E-state index contributed by atoms with van der Waals surface area (Å²) in [5.74, 6) is -1.26. The van der Waals surface area contributed by atoms with Crippen molar-refractivity contribution in [3.05, 3.63) is 85.1 Å². The van der Waals surface area contributed by atoms with Gasteiger partial charge in [0.2, 0.25) is 0 Å². The molecule has 0 aromatic carbocycles. The molecule has 324 valence electrons. The van der Waals surface area contributed by atoms with E-state index in [1.807, 2.05) is 33.3 Å². The summed E-state index contributed by atoms with van der Waals surface area (Å²) in [6.07, 6.45) is 43.4. The number of ether oxygens (including phenoxy) is 2. The van der Waals surface area contributed by atoms with Crippen molar-refractivity contribution in [1.82, 2.24) is 0 Å². The molecule has 0 rings (SSSR count). The van der Waals surface area contributed by atoms with Crippen molar-refractivity contribution in [3.63, 3.8) is 0 Å². The van der Waals surface area contributed by atoms with Crippen molar-refractivity contribution in [3.8, 4) is 0 Å². The van der Waals surface area contributed by atoms with Crippen molar-refractivity contribution in [2.45, 2.75) is 142 Å². The highest BCUT2D eigenvalue weighted by Gasteiger charge is 2.21. The summed E-state index contributed by atoms with van der Waals surface area (Å²) in [5, 5.41) is 0. The molecule has 10 nitrogen and oxygen atoms in total. The fourth-order valence-electron chi connectivity index (χ4n) is 4.96. The molecule has 57 heavy (non-hydrogen) atoms. The minimum Gasteiger partial charge on any atom is -0.756 e. The Morgan fingerprint density at radius 1 is 0.596 bits per heavy atom. The standard InChI is InChI=1S/C46H76NO9P/c1-6-8-10-12-14-16-18-20-21-23-25-27-29-31-33-37-46(50)56-44(42-55-57(51,52)54-40-39-47(3,4)5)41-53-45(49)38-34-36-43(48)35-32-30-28-26-24-22-19-17-15-13-11-9-7-2/h14-17,20-22,24-25,27-28,30,32,35,44H,6-13,18-19,23,26,29,31,33-34,36-42H2,1-5H3/b16-14-,17-15-,21-20-,24-22-,27-25-,30-28-,35-32+/t44-/m1/s1. The lowest BCUT2D eigenvalue weighted by Crippen LogP contribution is -2.37. The normalized spacial score (nSPS) is 14.4. The summed E-state index contributed by atoms with van der Waals surface area (Å²) >= 11 is 0. The summed E-state index contributed by atoms with van der Waals surface area (Å²) in [5.41, 5.74) is 0. The van der Waals surface area contributed by atoms with Crippen LogP contribution in [0.1, 0.15) is 136 Å². The largest absolute Gasteiger partial charge is 0.756 e. The van der Waals surface area contributed by atoms with Crippen molar-refractivity contribution in [2.75, 3.05) is 47.5 Å². The van der Waals surface area contributed by atoms with E-state index in [4.69, 9.17) is 18.5 Å². The number of phosphoric ester groups is 1. The molecule has 1 unspecified atom stereocenters. The second kappa shape index (κ2) is 37.2. The third kappa shape index (κ3) is 40.8. The van der Waals surface area contributed by atoms with Crippen LogP contribution in [0.3, 0.4) is 0 Å². The van der Waals surface area contributed by atoms with Gasteiger partial charge in [-0.1, -0.05) is 119 Å². The van der Waals surface area contributed by atoms with E-state index in [-0.39, 0.29) is 38.1 Å². The monoisotopic (exact) mass is 818 g/mol. The predicted molar refractivity (Wildman–Crippen MR) is 231 cm³/mol. The molecule has 0 radical (unpaired) electrons. The van der Waals surface area contributed by atoms with Gasteiger partial charge in [0.05, 0.1) is 27.7 Å². The van der Waals surface area contributed by atoms with E-state index in [2.05, 4.69) is 74.6 Å². The van der Waals surface area contributed by atoms with Crippen molar-refractivity contribution >= 4 is 25.5 Å². The van der Waals surface area contributed by atoms with Crippen LogP contribution in [0.4, 0.5) is 0 Å². The van der Waals surface area contributed by atoms with Crippen LogP contribution in [-0.4, -0.2) is 75.8 Å². The third-order valence-electron chi connectivity index (χ3n) is 8.36. The molecule has 0 bridgehead atoms. The summed E-state index contributed by atoms with van der Waals surface area (Å²) in [6, 6.07) is 0. The molecule has 11 heteroatoms. The van der Waals surface area contributed by atoms with Crippen molar-refractivity contribution in [2.24, 2.45) is 0 Å². The molecule has 0 aromatic heterocycles. The second-order valence-corrected chi connectivity index (χ2v) is 16.4. The quantitative estimate of drug-likeness (QED) is 0.0114. The minimum atomic E-state index is -4.69. The Morgan fingerprint density at radius 3 is 1.65 bits per heavy atom. The van der Waals surface area contributed by atoms with Gasteiger partial charge in [0.15, 0.2) is 11.9 Å². The average molecular weight is 818 g/mol. The number of phosphoric acid groups is 1. The lowest BCUT2D eigenvalue weighted by Gasteiger charge is -2.28. The highest BCUT2D eigenvalue weighted by atomic mass is 31.2. The Hall–Kier alpha value is -3.14. The average Bonchev–Trinajstić information content (AvgIpc) is 3.15. The Kier molecular flexibility index (Phi) is 35.1. The molecular weight excluding hydrogens is 741 g/mol. The molecule has 0 saturated heterocycles.